The Kier molecular flexibility index (Phi) is 4.53. The Bertz CT molecular complexity index is 590. The van der Waals surface area contributed by atoms with Crippen molar-refractivity contribution in [2.24, 2.45) is 0 Å². The largest absolute Gasteiger partial charge is 0.334 e. The Morgan fingerprint density at radius 1 is 1.33 bits per heavy atom. The van der Waals surface area contributed by atoms with E-state index in [0.29, 0.717) is 13.1 Å². The number of thioether (sulfide) groups is 1. The van der Waals surface area contributed by atoms with Gasteiger partial charge in [0.2, 0.25) is 11.8 Å². The molecule has 0 saturated carbocycles. The molecule has 0 bridgehead atoms. The summed E-state index contributed by atoms with van der Waals surface area (Å²) in [5.74, 6) is -0.534. The normalized spacial score (nSPS) is 20.1. The predicted molar refractivity (Wildman–Crippen MR) is 86.3 cm³/mol. The molecule has 1 aromatic rings. The minimum Gasteiger partial charge on any atom is -0.334 e. The third-order valence-corrected chi connectivity index (χ3v) is 4.62. The van der Waals surface area contributed by atoms with E-state index in [1.165, 1.54) is 11.8 Å². The summed E-state index contributed by atoms with van der Waals surface area (Å²) in [7, 11) is 0. The number of rotatable bonds is 5. The van der Waals surface area contributed by atoms with Crippen LogP contribution < -0.4 is 5.32 Å². The van der Waals surface area contributed by atoms with Crippen LogP contribution in [0.5, 0.6) is 0 Å². The zero-order valence-corrected chi connectivity index (χ0v) is 12.8. The van der Waals surface area contributed by atoms with Crippen molar-refractivity contribution in [1.29, 1.82) is 0 Å². The molecule has 5 heteroatoms. The molecule has 1 aliphatic rings. The number of hydrogen-bond acceptors (Lipinski definition) is 3. The molecule has 1 aliphatic heterocycles. The van der Waals surface area contributed by atoms with Crippen molar-refractivity contribution >= 4 is 29.3 Å². The number of benzene rings is 1. The van der Waals surface area contributed by atoms with E-state index < -0.39 is 4.75 Å². The molecule has 0 fully saturated rings. The Labute approximate surface area is 128 Å². The van der Waals surface area contributed by atoms with Crippen LogP contribution in [-0.4, -0.2) is 34.6 Å². The van der Waals surface area contributed by atoms with Crippen LogP contribution in [0.2, 0.25) is 0 Å². The van der Waals surface area contributed by atoms with Crippen LogP contribution in [0.15, 0.2) is 54.5 Å². The van der Waals surface area contributed by atoms with Crippen molar-refractivity contribution in [3.05, 3.63) is 49.6 Å². The lowest BCUT2D eigenvalue weighted by atomic mass is 10.1. The number of carbonyl (C=O) groups is 2. The SMILES string of the molecule is C=CCN(CC=C)C(=O)C1(C)Sc2ccccc2NC1=O. The van der Waals surface area contributed by atoms with Crippen LogP contribution in [0.3, 0.4) is 0 Å². The molecule has 1 N–H and O–H groups in total. The number of fused-ring (bicyclic) bond motifs is 1. The van der Waals surface area contributed by atoms with E-state index in [0.717, 1.165) is 10.6 Å². The molecule has 0 aliphatic carbocycles. The van der Waals surface area contributed by atoms with E-state index in [4.69, 9.17) is 0 Å². The molecule has 2 amide bonds. The highest BCUT2D eigenvalue weighted by Gasteiger charge is 2.47. The van der Waals surface area contributed by atoms with Gasteiger partial charge in [-0.05, 0) is 19.1 Å². The van der Waals surface area contributed by atoms with Gasteiger partial charge in [-0.25, -0.2) is 0 Å². The van der Waals surface area contributed by atoms with Crippen LogP contribution in [-0.2, 0) is 9.59 Å². The Morgan fingerprint density at radius 3 is 2.57 bits per heavy atom. The van der Waals surface area contributed by atoms with E-state index in [9.17, 15) is 9.59 Å². The van der Waals surface area contributed by atoms with Crippen molar-refractivity contribution in [2.75, 3.05) is 18.4 Å². The molecule has 2 rings (SSSR count). The first kappa shape index (κ1) is 15.4. The number of nitrogens with one attached hydrogen (secondary N) is 1. The van der Waals surface area contributed by atoms with Crippen LogP contribution in [0.1, 0.15) is 6.92 Å². The number of carbonyl (C=O) groups excluding carboxylic acids is 2. The molecular weight excluding hydrogens is 284 g/mol. The molecule has 1 heterocycles. The summed E-state index contributed by atoms with van der Waals surface area (Å²) in [6, 6.07) is 7.47. The van der Waals surface area contributed by atoms with Crippen molar-refractivity contribution in [3.63, 3.8) is 0 Å². The molecule has 4 nitrogen and oxygen atoms in total. The van der Waals surface area contributed by atoms with Gasteiger partial charge in [0.05, 0.1) is 5.69 Å². The first-order chi connectivity index (χ1) is 10.0. The summed E-state index contributed by atoms with van der Waals surface area (Å²) in [5.41, 5.74) is 0.747. The first-order valence-corrected chi connectivity index (χ1v) is 7.45. The molecule has 1 atom stereocenters. The van der Waals surface area contributed by atoms with Gasteiger partial charge in [-0.2, -0.15) is 0 Å². The summed E-state index contributed by atoms with van der Waals surface area (Å²) in [5, 5.41) is 2.81. The molecular formula is C16H18N2O2S. The number of para-hydroxylation sites is 1. The second-order valence-corrected chi connectivity index (χ2v) is 6.33. The lowest BCUT2D eigenvalue weighted by Crippen LogP contribution is -2.53. The second-order valence-electron chi connectivity index (χ2n) is 4.87. The first-order valence-electron chi connectivity index (χ1n) is 6.63. The highest BCUT2D eigenvalue weighted by Crippen LogP contribution is 2.43. The van der Waals surface area contributed by atoms with Gasteiger partial charge in [0.15, 0.2) is 4.75 Å². The Hall–Kier alpha value is -2.01. The second kappa shape index (κ2) is 6.18. The van der Waals surface area contributed by atoms with Gasteiger partial charge < -0.3 is 10.2 Å². The maximum Gasteiger partial charge on any atom is 0.250 e. The molecule has 0 radical (unpaired) electrons. The van der Waals surface area contributed by atoms with E-state index >= 15 is 0 Å². The summed E-state index contributed by atoms with van der Waals surface area (Å²) < 4.78 is -1.18. The molecule has 21 heavy (non-hydrogen) atoms. The summed E-state index contributed by atoms with van der Waals surface area (Å²) in [4.78, 5) is 27.6. The van der Waals surface area contributed by atoms with E-state index in [-0.39, 0.29) is 11.8 Å². The fourth-order valence-corrected chi connectivity index (χ4v) is 3.34. The van der Waals surface area contributed by atoms with Gasteiger partial charge in [-0.15, -0.1) is 13.2 Å². The van der Waals surface area contributed by atoms with E-state index in [1.807, 2.05) is 24.3 Å². The number of amides is 2. The number of hydrogen-bond donors (Lipinski definition) is 1. The minimum atomic E-state index is -1.18. The maximum atomic E-state index is 12.8. The van der Waals surface area contributed by atoms with Crippen LogP contribution in [0.25, 0.3) is 0 Å². The maximum absolute atomic E-state index is 12.8. The lowest BCUT2D eigenvalue weighted by Gasteiger charge is -2.35. The fraction of sp³-hybridized carbons (Fsp3) is 0.250. The summed E-state index contributed by atoms with van der Waals surface area (Å²) in [6.07, 6.45) is 3.29. The molecule has 1 unspecified atom stereocenters. The third kappa shape index (κ3) is 2.88. The van der Waals surface area contributed by atoms with Crippen molar-refractivity contribution in [1.82, 2.24) is 4.90 Å². The predicted octanol–water partition coefficient (Wildman–Crippen LogP) is 2.69. The van der Waals surface area contributed by atoms with E-state index in [2.05, 4.69) is 18.5 Å². The molecule has 1 aromatic carbocycles. The topological polar surface area (TPSA) is 49.4 Å². The monoisotopic (exact) mass is 302 g/mol. The van der Waals surface area contributed by atoms with E-state index in [1.54, 1.807) is 24.0 Å². The average molecular weight is 302 g/mol. The van der Waals surface area contributed by atoms with Gasteiger partial charge in [-0.3, -0.25) is 9.59 Å². The van der Waals surface area contributed by atoms with Crippen molar-refractivity contribution < 1.29 is 9.59 Å². The van der Waals surface area contributed by atoms with Gasteiger partial charge in [-0.1, -0.05) is 36.0 Å². The van der Waals surface area contributed by atoms with Gasteiger partial charge in [0, 0.05) is 18.0 Å². The standard InChI is InChI=1S/C16H18N2O2S/c1-4-10-18(11-5-2)15(20)16(3)14(19)17-12-8-6-7-9-13(12)21-16/h4-9H,1-2,10-11H2,3H3,(H,17,19). The number of anilines is 1. The van der Waals surface area contributed by atoms with Crippen molar-refractivity contribution in [2.45, 2.75) is 16.6 Å². The fourth-order valence-electron chi connectivity index (χ4n) is 2.16. The van der Waals surface area contributed by atoms with Gasteiger partial charge in [0.1, 0.15) is 0 Å². The lowest BCUT2D eigenvalue weighted by molar-refractivity contribution is -0.136. The van der Waals surface area contributed by atoms with Gasteiger partial charge >= 0.3 is 0 Å². The molecule has 0 spiro atoms. The molecule has 110 valence electrons. The Morgan fingerprint density at radius 2 is 1.95 bits per heavy atom. The van der Waals surface area contributed by atoms with Crippen molar-refractivity contribution in [3.8, 4) is 0 Å². The zero-order valence-electron chi connectivity index (χ0n) is 12.0. The number of nitrogens with zero attached hydrogens (tertiary/aromatic N) is 1. The minimum absolute atomic E-state index is 0.237. The summed E-state index contributed by atoms with van der Waals surface area (Å²) in [6.45, 7) is 9.73. The van der Waals surface area contributed by atoms with Crippen LogP contribution in [0, 0.1) is 0 Å². The highest BCUT2D eigenvalue weighted by atomic mass is 32.2. The van der Waals surface area contributed by atoms with Gasteiger partial charge in [0.25, 0.3) is 0 Å². The smallest absolute Gasteiger partial charge is 0.250 e. The third-order valence-electron chi connectivity index (χ3n) is 3.28. The Balaban J connectivity index is 2.32. The molecule has 0 saturated heterocycles. The highest BCUT2D eigenvalue weighted by molar-refractivity contribution is 8.02. The van der Waals surface area contributed by atoms with Crippen LogP contribution >= 0.6 is 11.8 Å². The zero-order chi connectivity index (χ0) is 15.5. The molecule has 0 aromatic heterocycles. The summed E-state index contributed by atoms with van der Waals surface area (Å²) >= 11 is 1.28. The van der Waals surface area contributed by atoms with Crippen LogP contribution in [0.4, 0.5) is 5.69 Å². The average Bonchev–Trinajstić information content (AvgIpc) is 2.47. The quantitative estimate of drug-likeness (QED) is 0.672.